The van der Waals surface area contributed by atoms with Crippen LogP contribution in [0.4, 0.5) is 0 Å². The molecule has 0 spiro atoms. The molecular weight excluding hydrogens is 374 g/mol. The molecule has 3 heterocycles. The predicted molar refractivity (Wildman–Crippen MR) is 107 cm³/mol. The molecule has 1 atom stereocenters. The van der Waals surface area contributed by atoms with Crippen molar-refractivity contribution >= 4 is 17.2 Å². The number of ether oxygens (including phenoxy) is 1. The molecule has 1 saturated heterocycles. The highest BCUT2D eigenvalue weighted by molar-refractivity contribution is 7.13. The van der Waals surface area contributed by atoms with Crippen molar-refractivity contribution in [3.05, 3.63) is 62.9 Å². The number of aryl methyl sites for hydroxylation is 3. The Hall–Kier alpha value is -2.67. The minimum atomic E-state index is -0.0533. The van der Waals surface area contributed by atoms with Crippen LogP contribution < -0.4 is 4.74 Å². The van der Waals surface area contributed by atoms with Crippen LogP contribution in [0.15, 0.2) is 34.9 Å². The van der Waals surface area contributed by atoms with Gasteiger partial charge in [-0.05, 0) is 45.7 Å². The SMILES string of the molecule is Cc1ccc(OCc2nc(C)c(C(=O)N3CCC[C@@H]3c3cc(C)no3)s2)cc1. The molecule has 1 amide bonds. The molecule has 3 aromatic rings. The van der Waals surface area contributed by atoms with Crippen molar-refractivity contribution in [1.29, 1.82) is 0 Å². The van der Waals surface area contributed by atoms with E-state index in [9.17, 15) is 4.79 Å². The molecule has 1 aliphatic rings. The summed E-state index contributed by atoms with van der Waals surface area (Å²) in [4.78, 5) is 20.3. The fraction of sp³-hybridized carbons (Fsp3) is 0.381. The lowest BCUT2D eigenvalue weighted by molar-refractivity contribution is 0.0718. The summed E-state index contributed by atoms with van der Waals surface area (Å²) < 4.78 is 11.2. The minimum absolute atomic E-state index is 0.00754. The highest BCUT2D eigenvalue weighted by Gasteiger charge is 2.34. The first-order valence-electron chi connectivity index (χ1n) is 9.41. The second kappa shape index (κ2) is 7.75. The molecule has 0 unspecified atom stereocenters. The Kier molecular flexibility index (Phi) is 5.17. The first-order valence-corrected chi connectivity index (χ1v) is 10.2. The maximum Gasteiger partial charge on any atom is 0.266 e. The summed E-state index contributed by atoms with van der Waals surface area (Å²) in [6, 6.07) is 9.76. The lowest BCUT2D eigenvalue weighted by Gasteiger charge is -2.22. The average molecular weight is 398 g/mol. The lowest BCUT2D eigenvalue weighted by Crippen LogP contribution is -2.30. The predicted octanol–water partition coefficient (Wildman–Crippen LogP) is 4.61. The van der Waals surface area contributed by atoms with Gasteiger partial charge >= 0.3 is 0 Å². The van der Waals surface area contributed by atoms with Crippen LogP contribution in [0, 0.1) is 20.8 Å². The number of likely N-dealkylation sites (tertiary alicyclic amines) is 1. The zero-order valence-electron chi connectivity index (χ0n) is 16.3. The molecular formula is C21H23N3O3S. The number of carbonyl (C=O) groups is 1. The monoisotopic (exact) mass is 397 g/mol. The van der Waals surface area contributed by atoms with Crippen LogP contribution in [0.5, 0.6) is 5.75 Å². The Labute approximate surface area is 168 Å². The fourth-order valence-electron chi connectivity index (χ4n) is 3.47. The van der Waals surface area contributed by atoms with Crippen LogP contribution in [-0.4, -0.2) is 27.5 Å². The third-order valence-corrected chi connectivity index (χ3v) is 6.03. The number of rotatable bonds is 5. The van der Waals surface area contributed by atoms with Crippen LogP contribution >= 0.6 is 11.3 Å². The van der Waals surface area contributed by atoms with Gasteiger partial charge in [0.15, 0.2) is 5.76 Å². The van der Waals surface area contributed by atoms with E-state index >= 15 is 0 Å². The Morgan fingerprint density at radius 1 is 1.29 bits per heavy atom. The van der Waals surface area contributed by atoms with Crippen molar-refractivity contribution in [2.75, 3.05) is 6.54 Å². The van der Waals surface area contributed by atoms with Gasteiger partial charge in [-0.3, -0.25) is 4.79 Å². The molecule has 1 fully saturated rings. The maximum atomic E-state index is 13.2. The van der Waals surface area contributed by atoms with Crippen molar-refractivity contribution in [2.24, 2.45) is 0 Å². The molecule has 2 aromatic heterocycles. The van der Waals surface area contributed by atoms with Gasteiger partial charge in [-0.15, -0.1) is 11.3 Å². The molecule has 28 heavy (non-hydrogen) atoms. The van der Waals surface area contributed by atoms with Crippen molar-refractivity contribution in [2.45, 2.75) is 46.3 Å². The van der Waals surface area contributed by atoms with Crippen molar-refractivity contribution in [1.82, 2.24) is 15.0 Å². The number of hydrogen-bond acceptors (Lipinski definition) is 6. The quantitative estimate of drug-likeness (QED) is 0.629. The number of amides is 1. The molecule has 0 aliphatic carbocycles. The van der Waals surface area contributed by atoms with Crippen molar-refractivity contribution < 1.29 is 14.1 Å². The lowest BCUT2D eigenvalue weighted by atomic mass is 10.1. The van der Waals surface area contributed by atoms with E-state index in [0.717, 1.165) is 47.3 Å². The summed E-state index contributed by atoms with van der Waals surface area (Å²) in [5, 5.41) is 4.77. The van der Waals surface area contributed by atoms with Gasteiger partial charge in [0, 0.05) is 12.6 Å². The molecule has 6 nitrogen and oxygen atoms in total. The van der Waals surface area contributed by atoms with E-state index in [2.05, 4.69) is 10.1 Å². The first-order chi connectivity index (χ1) is 13.5. The molecule has 0 bridgehead atoms. The van der Waals surface area contributed by atoms with Gasteiger partial charge < -0.3 is 14.2 Å². The molecule has 0 N–H and O–H groups in total. The zero-order valence-corrected chi connectivity index (χ0v) is 17.1. The van der Waals surface area contributed by atoms with E-state index in [1.165, 1.54) is 16.9 Å². The van der Waals surface area contributed by atoms with Gasteiger partial charge in [-0.1, -0.05) is 22.9 Å². The number of carbonyl (C=O) groups excluding carboxylic acids is 1. The first kappa shape index (κ1) is 18.7. The summed E-state index contributed by atoms with van der Waals surface area (Å²) in [6.45, 7) is 6.88. The minimum Gasteiger partial charge on any atom is -0.486 e. The van der Waals surface area contributed by atoms with Gasteiger partial charge in [-0.25, -0.2) is 4.98 Å². The van der Waals surface area contributed by atoms with Gasteiger partial charge in [0.2, 0.25) is 0 Å². The molecule has 146 valence electrons. The fourth-order valence-corrected chi connectivity index (χ4v) is 4.40. The van der Waals surface area contributed by atoms with Crippen molar-refractivity contribution in [3.63, 3.8) is 0 Å². The van der Waals surface area contributed by atoms with Gasteiger partial charge in [0.05, 0.1) is 17.4 Å². The molecule has 7 heteroatoms. The Balaban J connectivity index is 1.47. The largest absolute Gasteiger partial charge is 0.486 e. The third kappa shape index (κ3) is 3.80. The summed E-state index contributed by atoms with van der Waals surface area (Å²) in [5.74, 6) is 1.56. The second-order valence-electron chi connectivity index (χ2n) is 7.15. The van der Waals surface area contributed by atoms with Crippen LogP contribution in [0.2, 0.25) is 0 Å². The summed E-state index contributed by atoms with van der Waals surface area (Å²) in [6.07, 6.45) is 1.85. The molecule has 0 radical (unpaired) electrons. The number of nitrogens with zero attached hydrogens (tertiary/aromatic N) is 3. The summed E-state index contributed by atoms with van der Waals surface area (Å²) >= 11 is 1.41. The standard InChI is InChI=1S/C21H23N3O3S/c1-13-6-8-16(9-7-13)26-12-19-22-15(3)20(28-19)21(25)24-10-4-5-17(24)18-11-14(2)23-27-18/h6-9,11,17H,4-5,10,12H2,1-3H3/t17-/m1/s1. The number of benzene rings is 1. The van der Waals surface area contributed by atoms with E-state index in [0.29, 0.717) is 11.5 Å². The Morgan fingerprint density at radius 2 is 2.07 bits per heavy atom. The molecule has 4 rings (SSSR count). The van der Waals surface area contributed by atoms with Gasteiger partial charge in [0.25, 0.3) is 5.91 Å². The number of thiazole rings is 1. The van der Waals surface area contributed by atoms with E-state index in [4.69, 9.17) is 9.26 Å². The number of aromatic nitrogens is 2. The summed E-state index contributed by atoms with van der Waals surface area (Å²) in [5.41, 5.74) is 2.77. The Morgan fingerprint density at radius 3 is 2.79 bits per heavy atom. The normalized spacial score (nSPS) is 16.5. The van der Waals surface area contributed by atoms with E-state index in [1.807, 2.05) is 56.0 Å². The molecule has 1 aromatic carbocycles. The van der Waals surface area contributed by atoms with Gasteiger partial charge in [0.1, 0.15) is 22.2 Å². The van der Waals surface area contributed by atoms with Crippen LogP contribution in [0.25, 0.3) is 0 Å². The topological polar surface area (TPSA) is 68.5 Å². The van der Waals surface area contributed by atoms with Crippen molar-refractivity contribution in [3.8, 4) is 5.75 Å². The maximum absolute atomic E-state index is 13.2. The summed E-state index contributed by atoms with van der Waals surface area (Å²) in [7, 11) is 0. The van der Waals surface area contributed by atoms with E-state index in [-0.39, 0.29) is 11.9 Å². The average Bonchev–Trinajstić information content (AvgIpc) is 3.40. The third-order valence-electron chi connectivity index (χ3n) is 4.91. The van der Waals surface area contributed by atoms with Crippen LogP contribution in [-0.2, 0) is 6.61 Å². The smallest absolute Gasteiger partial charge is 0.266 e. The second-order valence-corrected chi connectivity index (χ2v) is 8.23. The van der Waals surface area contributed by atoms with Crippen LogP contribution in [0.1, 0.15) is 56.3 Å². The van der Waals surface area contributed by atoms with E-state index < -0.39 is 0 Å². The molecule has 0 saturated carbocycles. The number of hydrogen-bond donors (Lipinski definition) is 0. The van der Waals surface area contributed by atoms with Gasteiger partial charge in [-0.2, -0.15) is 0 Å². The zero-order chi connectivity index (χ0) is 19.7. The highest BCUT2D eigenvalue weighted by Crippen LogP contribution is 2.35. The molecule has 1 aliphatic heterocycles. The van der Waals surface area contributed by atoms with E-state index in [1.54, 1.807) is 0 Å². The highest BCUT2D eigenvalue weighted by atomic mass is 32.1. The Bertz CT molecular complexity index is 977. The van der Waals surface area contributed by atoms with Crippen LogP contribution in [0.3, 0.4) is 0 Å².